The number of hydrogen-bond acceptors (Lipinski definition) is 2. The minimum Gasteiger partial charge on any atom is -0.482 e. The Hall–Kier alpha value is -2.16. The Balaban J connectivity index is 2.03. The monoisotopic (exact) mass is 286 g/mol. The number of ketones is 1. The van der Waals surface area contributed by atoms with Crippen molar-refractivity contribution in [3.63, 3.8) is 0 Å². The summed E-state index contributed by atoms with van der Waals surface area (Å²) in [5, 5.41) is 0. The first-order valence-corrected chi connectivity index (χ1v) is 6.99. The van der Waals surface area contributed by atoms with Crippen LogP contribution in [0.2, 0.25) is 0 Å². The Morgan fingerprint density at radius 2 is 1.81 bits per heavy atom. The van der Waals surface area contributed by atoms with Crippen LogP contribution in [0.15, 0.2) is 42.5 Å². The Labute approximate surface area is 124 Å². The van der Waals surface area contributed by atoms with E-state index in [0.29, 0.717) is 11.5 Å². The zero-order valence-corrected chi connectivity index (χ0v) is 12.5. The van der Waals surface area contributed by atoms with Crippen molar-refractivity contribution in [2.24, 2.45) is 0 Å². The smallest absolute Gasteiger partial charge is 0.200 e. The van der Waals surface area contributed by atoms with E-state index in [4.69, 9.17) is 4.74 Å². The van der Waals surface area contributed by atoms with Crippen LogP contribution in [0.5, 0.6) is 5.75 Å². The van der Waals surface area contributed by atoms with Gasteiger partial charge < -0.3 is 4.74 Å². The molecule has 0 aromatic heterocycles. The molecule has 0 N–H and O–H groups in total. The quantitative estimate of drug-likeness (QED) is 0.755. The van der Waals surface area contributed by atoms with Gasteiger partial charge in [-0.3, -0.25) is 4.79 Å². The van der Waals surface area contributed by atoms with Gasteiger partial charge in [0, 0.05) is 5.56 Å². The van der Waals surface area contributed by atoms with Gasteiger partial charge in [-0.25, -0.2) is 4.39 Å². The highest BCUT2D eigenvalue weighted by molar-refractivity contribution is 5.97. The lowest BCUT2D eigenvalue weighted by Gasteiger charge is -2.09. The Morgan fingerprint density at radius 3 is 2.43 bits per heavy atom. The molecule has 0 bridgehead atoms. The second-order valence-electron chi connectivity index (χ2n) is 5.42. The zero-order valence-electron chi connectivity index (χ0n) is 12.5. The summed E-state index contributed by atoms with van der Waals surface area (Å²) in [5.74, 6) is -0.0799. The van der Waals surface area contributed by atoms with Gasteiger partial charge in [-0.05, 0) is 36.1 Å². The first-order chi connectivity index (χ1) is 9.97. The lowest BCUT2D eigenvalue weighted by molar-refractivity contribution is 0.0918. The summed E-state index contributed by atoms with van der Waals surface area (Å²) in [4.78, 5) is 12.0. The molecule has 0 spiro atoms. The highest BCUT2D eigenvalue weighted by Crippen LogP contribution is 2.19. The van der Waals surface area contributed by atoms with E-state index < -0.39 is 5.82 Å². The predicted octanol–water partition coefficient (Wildman–Crippen LogP) is 4.52. The summed E-state index contributed by atoms with van der Waals surface area (Å²) in [6.07, 6.45) is 0. The van der Waals surface area contributed by atoms with Crippen LogP contribution in [0.4, 0.5) is 4.39 Å². The number of aryl methyl sites for hydroxylation is 1. The zero-order chi connectivity index (χ0) is 15.4. The summed E-state index contributed by atoms with van der Waals surface area (Å²) in [6, 6.07) is 12.0. The SMILES string of the molecule is Cc1ccc(F)c(OCC(=O)c2ccc(C(C)C)cc2)c1. The van der Waals surface area contributed by atoms with Gasteiger partial charge in [0.25, 0.3) is 0 Å². The van der Waals surface area contributed by atoms with Crippen LogP contribution in [-0.4, -0.2) is 12.4 Å². The largest absolute Gasteiger partial charge is 0.482 e. The second-order valence-corrected chi connectivity index (χ2v) is 5.42. The van der Waals surface area contributed by atoms with E-state index in [1.54, 1.807) is 24.3 Å². The first-order valence-electron chi connectivity index (χ1n) is 6.99. The van der Waals surface area contributed by atoms with Crippen molar-refractivity contribution < 1.29 is 13.9 Å². The van der Waals surface area contributed by atoms with Crippen LogP contribution in [-0.2, 0) is 0 Å². The van der Waals surface area contributed by atoms with Crippen molar-refractivity contribution in [2.45, 2.75) is 26.7 Å². The van der Waals surface area contributed by atoms with Crippen LogP contribution in [0.3, 0.4) is 0 Å². The molecular weight excluding hydrogens is 267 g/mol. The fourth-order valence-electron chi connectivity index (χ4n) is 2.00. The van der Waals surface area contributed by atoms with Gasteiger partial charge in [-0.2, -0.15) is 0 Å². The first kappa shape index (κ1) is 15.2. The maximum atomic E-state index is 13.5. The molecule has 2 rings (SSSR count). The Bertz CT molecular complexity index is 630. The van der Waals surface area contributed by atoms with E-state index in [2.05, 4.69) is 13.8 Å². The molecule has 0 aliphatic rings. The number of Topliss-reactive ketones (excluding diaryl/α,β-unsaturated/α-hetero) is 1. The number of benzene rings is 2. The number of carbonyl (C=O) groups excluding carboxylic acids is 1. The van der Waals surface area contributed by atoms with E-state index in [1.807, 2.05) is 19.1 Å². The third-order valence-corrected chi connectivity index (χ3v) is 3.34. The normalized spacial score (nSPS) is 10.7. The Morgan fingerprint density at radius 1 is 1.14 bits per heavy atom. The van der Waals surface area contributed by atoms with Gasteiger partial charge in [0.15, 0.2) is 24.0 Å². The van der Waals surface area contributed by atoms with Crippen LogP contribution in [0.1, 0.15) is 41.3 Å². The molecule has 2 aromatic carbocycles. The molecule has 0 amide bonds. The molecule has 0 heterocycles. The van der Waals surface area contributed by atoms with Gasteiger partial charge in [-0.1, -0.05) is 44.2 Å². The van der Waals surface area contributed by atoms with Gasteiger partial charge in [0.1, 0.15) is 0 Å². The molecule has 0 saturated heterocycles. The highest BCUT2D eigenvalue weighted by Gasteiger charge is 2.10. The molecule has 2 aromatic rings. The number of halogens is 1. The third-order valence-electron chi connectivity index (χ3n) is 3.34. The van der Waals surface area contributed by atoms with Crippen LogP contribution in [0, 0.1) is 12.7 Å². The van der Waals surface area contributed by atoms with Gasteiger partial charge >= 0.3 is 0 Å². The van der Waals surface area contributed by atoms with Gasteiger partial charge in [0.2, 0.25) is 0 Å². The number of carbonyl (C=O) groups is 1. The summed E-state index contributed by atoms with van der Waals surface area (Å²) in [6.45, 7) is 5.88. The van der Waals surface area contributed by atoms with Crippen molar-refractivity contribution in [3.05, 3.63) is 65.0 Å². The molecule has 0 saturated carbocycles. The maximum absolute atomic E-state index is 13.5. The van der Waals surface area contributed by atoms with Crippen molar-refractivity contribution in [3.8, 4) is 5.75 Å². The number of rotatable bonds is 5. The minimum absolute atomic E-state index is 0.113. The fourth-order valence-corrected chi connectivity index (χ4v) is 2.00. The van der Waals surface area contributed by atoms with Gasteiger partial charge in [0.05, 0.1) is 0 Å². The standard InChI is InChI=1S/C18H19FO2/c1-12(2)14-5-7-15(8-6-14)17(20)11-21-18-10-13(3)4-9-16(18)19/h4-10,12H,11H2,1-3H3. The molecule has 3 heteroatoms. The molecule has 0 aliphatic carbocycles. The minimum atomic E-state index is -0.455. The molecule has 0 aliphatic heterocycles. The fraction of sp³-hybridized carbons (Fsp3) is 0.278. The lowest BCUT2D eigenvalue weighted by atomic mass is 10.0. The van der Waals surface area contributed by atoms with Crippen LogP contribution < -0.4 is 4.74 Å². The number of ether oxygens (including phenoxy) is 1. The number of hydrogen-bond donors (Lipinski definition) is 0. The molecule has 0 atom stereocenters. The predicted molar refractivity (Wildman–Crippen MR) is 81.5 cm³/mol. The van der Waals surface area contributed by atoms with Crippen LogP contribution in [0.25, 0.3) is 0 Å². The van der Waals surface area contributed by atoms with E-state index >= 15 is 0 Å². The van der Waals surface area contributed by atoms with Crippen molar-refractivity contribution in [1.82, 2.24) is 0 Å². The highest BCUT2D eigenvalue weighted by atomic mass is 19.1. The second kappa shape index (κ2) is 6.53. The molecule has 0 fully saturated rings. The summed E-state index contributed by atoms with van der Waals surface area (Å²) in [5.41, 5.74) is 2.64. The van der Waals surface area contributed by atoms with Crippen LogP contribution >= 0.6 is 0 Å². The van der Waals surface area contributed by atoms with E-state index in [1.165, 1.54) is 11.6 Å². The maximum Gasteiger partial charge on any atom is 0.200 e. The third kappa shape index (κ3) is 3.91. The molecular formula is C18H19FO2. The molecule has 0 radical (unpaired) electrons. The summed E-state index contributed by atoms with van der Waals surface area (Å²) < 4.78 is 18.8. The average Bonchev–Trinajstić information content (AvgIpc) is 2.48. The lowest BCUT2D eigenvalue weighted by Crippen LogP contribution is -2.12. The summed E-state index contributed by atoms with van der Waals surface area (Å²) in [7, 11) is 0. The topological polar surface area (TPSA) is 26.3 Å². The van der Waals surface area contributed by atoms with Crippen molar-refractivity contribution in [2.75, 3.05) is 6.61 Å². The molecule has 21 heavy (non-hydrogen) atoms. The summed E-state index contributed by atoms with van der Waals surface area (Å²) >= 11 is 0. The molecule has 0 unspecified atom stereocenters. The molecule has 2 nitrogen and oxygen atoms in total. The average molecular weight is 286 g/mol. The van der Waals surface area contributed by atoms with Crippen molar-refractivity contribution in [1.29, 1.82) is 0 Å². The van der Waals surface area contributed by atoms with E-state index in [-0.39, 0.29) is 18.1 Å². The van der Waals surface area contributed by atoms with E-state index in [9.17, 15) is 9.18 Å². The van der Waals surface area contributed by atoms with E-state index in [0.717, 1.165) is 5.56 Å². The van der Waals surface area contributed by atoms with Gasteiger partial charge in [-0.15, -0.1) is 0 Å². The van der Waals surface area contributed by atoms with Crippen molar-refractivity contribution >= 4 is 5.78 Å². The Kier molecular flexibility index (Phi) is 4.73. The molecule has 110 valence electrons.